The van der Waals surface area contributed by atoms with Crippen molar-refractivity contribution in [2.45, 2.75) is 12.5 Å². The lowest BCUT2D eigenvalue weighted by Gasteiger charge is -2.17. The zero-order chi connectivity index (χ0) is 17.9. The van der Waals surface area contributed by atoms with Crippen LogP contribution in [0.4, 0.5) is 0 Å². The third-order valence-electron chi connectivity index (χ3n) is 4.80. The molecule has 6 nitrogen and oxygen atoms in total. The number of aromatic nitrogens is 3. The van der Waals surface area contributed by atoms with Gasteiger partial charge in [-0.15, -0.1) is 5.10 Å². The van der Waals surface area contributed by atoms with Crippen molar-refractivity contribution in [3.8, 4) is 16.9 Å². The average Bonchev–Trinajstić information content (AvgIpc) is 3.39. The maximum atomic E-state index is 12.8. The summed E-state index contributed by atoms with van der Waals surface area (Å²) in [4.78, 5) is 14.7. The van der Waals surface area contributed by atoms with Gasteiger partial charge in [-0.2, -0.15) is 0 Å². The molecular formula is C20H20N4O2. The van der Waals surface area contributed by atoms with Gasteiger partial charge in [0.1, 0.15) is 5.75 Å². The molecule has 0 saturated carbocycles. The van der Waals surface area contributed by atoms with Crippen molar-refractivity contribution in [2.24, 2.45) is 0 Å². The normalized spacial score (nSPS) is 16.7. The topological polar surface area (TPSA) is 60.2 Å². The molecule has 26 heavy (non-hydrogen) atoms. The largest absolute Gasteiger partial charge is 0.497 e. The van der Waals surface area contributed by atoms with Crippen molar-refractivity contribution >= 4 is 5.91 Å². The second-order valence-corrected chi connectivity index (χ2v) is 6.39. The predicted molar refractivity (Wildman–Crippen MR) is 98.0 cm³/mol. The van der Waals surface area contributed by atoms with Crippen LogP contribution in [0.2, 0.25) is 0 Å². The quantitative estimate of drug-likeness (QED) is 0.727. The molecule has 1 aliphatic rings. The van der Waals surface area contributed by atoms with Crippen LogP contribution in [-0.2, 0) is 0 Å². The summed E-state index contributed by atoms with van der Waals surface area (Å²) in [5.41, 5.74) is 2.83. The van der Waals surface area contributed by atoms with Crippen molar-refractivity contribution in [1.29, 1.82) is 0 Å². The lowest BCUT2D eigenvalue weighted by Crippen LogP contribution is -2.29. The number of amides is 1. The van der Waals surface area contributed by atoms with Crippen LogP contribution in [0, 0.1) is 0 Å². The molecule has 1 aromatic heterocycles. The van der Waals surface area contributed by atoms with Gasteiger partial charge in [-0.25, -0.2) is 4.68 Å². The Kier molecular flexibility index (Phi) is 4.39. The van der Waals surface area contributed by atoms with E-state index in [4.69, 9.17) is 4.74 Å². The van der Waals surface area contributed by atoms with Gasteiger partial charge in [0, 0.05) is 24.8 Å². The molecule has 0 radical (unpaired) electrons. The molecule has 2 aromatic carbocycles. The fourth-order valence-electron chi connectivity index (χ4n) is 3.34. The van der Waals surface area contributed by atoms with Crippen LogP contribution in [0.25, 0.3) is 11.1 Å². The number of benzene rings is 2. The van der Waals surface area contributed by atoms with Crippen LogP contribution in [0.1, 0.15) is 22.8 Å². The van der Waals surface area contributed by atoms with Gasteiger partial charge < -0.3 is 9.64 Å². The molecule has 0 bridgehead atoms. The molecule has 1 amide bonds. The highest BCUT2D eigenvalue weighted by Gasteiger charge is 2.28. The molecule has 4 rings (SSSR count). The van der Waals surface area contributed by atoms with E-state index in [-0.39, 0.29) is 11.9 Å². The van der Waals surface area contributed by atoms with E-state index in [0.29, 0.717) is 12.1 Å². The van der Waals surface area contributed by atoms with E-state index >= 15 is 0 Å². The molecule has 1 atom stereocenters. The van der Waals surface area contributed by atoms with Gasteiger partial charge >= 0.3 is 0 Å². The van der Waals surface area contributed by atoms with E-state index in [1.807, 2.05) is 64.3 Å². The molecule has 0 aliphatic carbocycles. The summed E-state index contributed by atoms with van der Waals surface area (Å²) in [5.74, 6) is 0.878. The second-order valence-electron chi connectivity index (χ2n) is 6.39. The minimum Gasteiger partial charge on any atom is -0.497 e. The van der Waals surface area contributed by atoms with E-state index in [2.05, 4.69) is 10.3 Å². The maximum Gasteiger partial charge on any atom is 0.253 e. The predicted octanol–water partition coefficient (Wildman–Crippen LogP) is 3.04. The number of hydrogen-bond acceptors (Lipinski definition) is 4. The third kappa shape index (κ3) is 3.18. The fraction of sp³-hybridized carbons (Fsp3) is 0.250. The summed E-state index contributed by atoms with van der Waals surface area (Å²) >= 11 is 0. The summed E-state index contributed by atoms with van der Waals surface area (Å²) in [5, 5.41) is 7.89. The Balaban J connectivity index is 1.47. The molecule has 1 aliphatic heterocycles. The summed E-state index contributed by atoms with van der Waals surface area (Å²) in [7, 11) is 1.66. The van der Waals surface area contributed by atoms with Crippen molar-refractivity contribution in [3.05, 3.63) is 66.5 Å². The first-order valence-corrected chi connectivity index (χ1v) is 8.64. The average molecular weight is 348 g/mol. The maximum absolute atomic E-state index is 12.8. The molecule has 3 aromatic rings. The lowest BCUT2D eigenvalue weighted by atomic mass is 10.0. The summed E-state index contributed by atoms with van der Waals surface area (Å²) in [6.45, 7) is 1.40. The number of ether oxygens (including phenoxy) is 1. The standard InChI is InChI=1S/C20H20N4O2/c1-26-19-4-2-3-17(13-19)15-5-7-16(8-6-15)20(25)23-11-9-18(14-23)24-12-10-21-22-24/h2-8,10,12-13,18H,9,11,14H2,1H3. The van der Waals surface area contributed by atoms with E-state index in [1.165, 1.54) is 0 Å². The van der Waals surface area contributed by atoms with E-state index < -0.39 is 0 Å². The van der Waals surface area contributed by atoms with Crippen molar-refractivity contribution < 1.29 is 9.53 Å². The minimum atomic E-state index is 0.0600. The summed E-state index contributed by atoms with van der Waals surface area (Å²) < 4.78 is 7.11. The fourth-order valence-corrected chi connectivity index (χ4v) is 3.34. The molecule has 1 unspecified atom stereocenters. The van der Waals surface area contributed by atoms with E-state index in [1.54, 1.807) is 13.3 Å². The molecular weight excluding hydrogens is 328 g/mol. The van der Waals surface area contributed by atoms with Crippen LogP contribution < -0.4 is 4.74 Å². The highest BCUT2D eigenvalue weighted by molar-refractivity contribution is 5.95. The van der Waals surface area contributed by atoms with Crippen molar-refractivity contribution in [3.63, 3.8) is 0 Å². The smallest absolute Gasteiger partial charge is 0.253 e. The summed E-state index contributed by atoms with van der Waals surface area (Å²) in [6, 6.07) is 15.8. The van der Waals surface area contributed by atoms with Gasteiger partial charge in [-0.1, -0.05) is 29.5 Å². The number of carbonyl (C=O) groups is 1. The SMILES string of the molecule is COc1cccc(-c2ccc(C(=O)N3CCC(n4ccnn4)C3)cc2)c1. The third-order valence-corrected chi connectivity index (χ3v) is 4.80. The Bertz CT molecular complexity index is 890. The molecule has 0 N–H and O–H groups in total. The molecule has 0 spiro atoms. The highest BCUT2D eigenvalue weighted by Crippen LogP contribution is 2.26. The van der Waals surface area contributed by atoms with Gasteiger partial charge in [-0.05, 0) is 41.8 Å². The monoisotopic (exact) mass is 348 g/mol. The first-order valence-electron chi connectivity index (χ1n) is 8.64. The number of carbonyl (C=O) groups excluding carboxylic acids is 1. The van der Waals surface area contributed by atoms with Gasteiger partial charge in [0.05, 0.1) is 19.3 Å². The van der Waals surface area contributed by atoms with Gasteiger partial charge in [0.25, 0.3) is 5.91 Å². The van der Waals surface area contributed by atoms with Crippen LogP contribution in [0.3, 0.4) is 0 Å². The lowest BCUT2D eigenvalue weighted by molar-refractivity contribution is 0.0787. The van der Waals surface area contributed by atoms with Gasteiger partial charge in [0.15, 0.2) is 0 Å². The van der Waals surface area contributed by atoms with Crippen molar-refractivity contribution in [1.82, 2.24) is 19.9 Å². The van der Waals surface area contributed by atoms with Gasteiger partial charge in [0.2, 0.25) is 0 Å². The van der Waals surface area contributed by atoms with Crippen LogP contribution >= 0.6 is 0 Å². The molecule has 132 valence electrons. The summed E-state index contributed by atoms with van der Waals surface area (Å²) in [6.07, 6.45) is 4.42. The van der Waals surface area contributed by atoms with Crippen molar-refractivity contribution in [2.75, 3.05) is 20.2 Å². The molecule has 2 heterocycles. The van der Waals surface area contributed by atoms with E-state index in [0.717, 1.165) is 29.8 Å². The Morgan fingerprint density at radius 3 is 2.73 bits per heavy atom. The number of methoxy groups -OCH3 is 1. The Hall–Kier alpha value is -3.15. The number of rotatable bonds is 4. The second kappa shape index (κ2) is 7.00. The van der Waals surface area contributed by atoms with Crippen LogP contribution in [0.5, 0.6) is 5.75 Å². The molecule has 6 heteroatoms. The molecule has 1 fully saturated rings. The number of nitrogens with zero attached hydrogens (tertiary/aromatic N) is 4. The zero-order valence-electron chi connectivity index (χ0n) is 14.6. The highest BCUT2D eigenvalue weighted by atomic mass is 16.5. The Labute approximate surface area is 152 Å². The zero-order valence-corrected chi connectivity index (χ0v) is 14.6. The first-order chi connectivity index (χ1) is 12.7. The number of likely N-dealkylation sites (tertiary alicyclic amines) is 1. The number of hydrogen-bond donors (Lipinski definition) is 0. The Morgan fingerprint density at radius 1 is 1.15 bits per heavy atom. The Morgan fingerprint density at radius 2 is 2.00 bits per heavy atom. The minimum absolute atomic E-state index is 0.0600. The van der Waals surface area contributed by atoms with Crippen LogP contribution in [0.15, 0.2) is 60.9 Å². The van der Waals surface area contributed by atoms with E-state index in [9.17, 15) is 4.79 Å². The molecule has 1 saturated heterocycles. The van der Waals surface area contributed by atoms with Gasteiger partial charge in [-0.3, -0.25) is 4.79 Å². The van der Waals surface area contributed by atoms with Crippen LogP contribution in [-0.4, -0.2) is 46.0 Å². The first kappa shape index (κ1) is 16.3.